The second kappa shape index (κ2) is 6.24. The molecule has 1 aromatic carbocycles. The number of imidazole rings is 1. The highest BCUT2D eigenvalue weighted by molar-refractivity contribution is 14.1. The Bertz CT molecular complexity index is 673. The largest absolute Gasteiger partial charge is 0.323 e. The Labute approximate surface area is 147 Å². The van der Waals surface area contributed by atoms with Crippen LogP contribution >= 0.6 is 46.0 Å². The van der Waals surface area contributed by atoms with Crippen LogP contribution in [-0.4, -0.2) is 21.1 Å². The Hall–Kier alpha value is -0.0100. The van der Waals surface area contributed by atoms with E-state index in [1.54, 1.807) is 6.07 Å². The van der Waals surface area contributed by atoms with Crippen LogP contribution < -0.4 is 0 Å². The SMILES string of the molecule is CSC1CCC(n2c(C(C)Cl)nc3cc(I)c(F)cc32)C1. The van der Waals surface area contributed by atoms with Crippen LogP contribution in [0.1, 0.15) is 43.4 Å². The van der Waals surface area contributed by atoms with Gasteiger partial charge in [-0.15, -0.1) is 11.6 Å². The van der Waals surface area contributed by atoms with Gasteiger partial charge in [0.2, 0.25) is 0 Å². The van der Waals surface area contributed by atoms with Gasteiger partial charge in [0.05, 0.1) is 20.0 Å². The summed E-state index contributed by atoms with van der Waals surface area (Å²) < 4.78 is 16.8. The maximum absolute atomic E-state index is 14.0. The minimum atomic E-state index is -0.183. The summed E-state index contributed by atoms with van der Waals surface area (Å²) in [6.07, 6.45) is 5.58. The molecule has 2 aromatic rings. The summed E-state index contributed by atoms with van der Waals surface area (Å²) in [5.74, 6) is 0.678. The van der Waals surface area contributed by atoms with Gasteiger partial charge in [-0.2, -0.15) is 11.8 Å². The smallest absolute Gasteiger partial charge is 0.138 e. The van der Waals surface area contributed by atoms with Crippen molar-refractivity contribution in [3.63, 3.8) is 0 Å². The number of hydrogen-bond donors (Lipinski definition) is 0. The lowest BCUT2D eigenvalue weighted by Gasteiger charge is -2.18. The first kappa shape index (κ1) is 15.9. The molecule has 0 saturated heterocycles. The fraction of sp³-hybridized carbons (Fsp3) is 0.533. The molecule has 1 aliphatic carbocycles. The van der Waals surface area contributed by atoms with Gasteiger partial charge in [-0.05, 0) is 61.1 Å². The highest BCUT2D eigenvalue weighted by atomic mass is 127. The summed E-state index contributed by atoms with van der Waals surface area (Å²) in [5.41, 5.74) is 1.72. The van der Waals surface area contributed by atoms with Crippen molar-refractivity contribution in [2.75, 3.05) is 6.26 Å². The van der Waals surface area contributed by atoms with Gasteiger partial charge in [-0.25, -0.2) is 9.37 Å². The number of hydrogen-bond acceptors (Lipinski definition) is 2. The van der Waals surface area contributed by atoms with Crippen molar-refractivity contribution in [3.8, 4) is 0 Å². The molecule has 3 rings (SSSR count). The number of aromatic nitrogens is 2. The third-order valence-electron chi connectivity index (χ3n) is 4.17. The van der Waals surface area contributed by atoms with E-state index in [0.29, 0.717) is 14.9 Å². The van der Waals surface area contributed by atoms with Gasteiger partial charge in [0.15, 0.2) is 0 Å². The number of nitrogens with zero attached hydrogens (tertiary/aromatic N) is 2. The summed E-state index contributed by atoms with van der Waals surface area (Å²) >= 11 is 10.2. The Morgan fingerprint density at radius 2 is 2.24 bits per heavy atom. The number of halogens is 3. The van der Waals surface area contributed by atoms with Crippen LogP contribution in [0.15, 0.2) is 12.1 Å². The minimum absolute atomic E-state index is 0.175. The fourth-order valence-electron chi connectivity index (χ4n) is 3.14. The quantitative estimate of drug-likeness (QED) is 0.463. The van der Waals surface area contributed by atoms with Crippen LogP contribution in [0.5, 0.6) is 0 Å². The predicted molar refractivity (Wildman–Crippen MR) is 96.9 cm³/mol. The van der Waals surface area contributed by atoms with E-state index in [4.69, 9.17) is 11.6 Å². The summed E-state index contributed by atoms with van der Waals surface area (Å²) in [6, 6.07) is 3.80. The summed E-state index contributed by atoms with van der Waals surface area (Å²) in [6.45, 7) is 1.93. The highest BCUT2D eigenvalue weighted by Gasteiger charge is 2.29. The van der Waals surface area contributed by atoms with Gasteiger partial charge in [-0.3, -0.25) is 0 Å². The summed E-state index contributed by atoms with van der Waals surface area (Å²) in [4.78, 5) is 4.66. The molecule has 0 amide bonds. The standard InChI is InChI=1S/C15H17ClFIN2S/c1-8(16)15-19-13-7-12(18)11(17)6-14(13)20(15)9-3-4-10(5-9)21-2/h6-10H,3-5H2,1-2H3. The van der Waals surface area contributed by atoms with E-state index in [2.05, 4.69) is 15.8 Å². The van der Waals surface area contributed by atoms with Crippen molar-refractivity contribution < 1.29 is 4.39 Å². The zero-order valence-electron chi connectivity index (χ0n) is 11.9. The van der Waals surface area contributed by atoms with E-state index in [1.807, 2.05) is 47.3 Å². The van der Waals surface area contributed by atoms with Crippen LogP contribution in [0.4, 0.5) is 4.39 Å². The zero-order chi connectivity index (χ0) is 15.1. The molecule has 2 nitrogen and oxygen atoms in total. The molecule has 1 fully saturated rings. The van der Waals surface area contributed by atoms with Crippen LogP contribution in [0, 0.1) is 9.39 Å². The molecule has 0 aliphatic heterocycles. The monoisotopic (exact) mass is 438 g/mol. The van der Waals surface area contributed by atoms with E-state index in [1.165, 1.54) is 6.42 Å². The van der Waals surface area contributed by atoms with Crippen molar-refractivity contribution in [1.82, 2.24) is 9.55 Å². The average Bonchev–Trinajstić information content (AvgIpc) is 3.03. The normalized spacial score (nSPS) is 23.9. The van der Waals surface area contributed by atoms with E-state index < -0.39 is 0 Å². The summed E-state index contributed by atoms with van der Waals surface area (Å²) in [5, 5.41) is 0.506. The Balaban J connectivity index is 2.14. The molecule has 0 radical (unpaired) electrons. The topological polar surface area (TPSA) is 17.8 Å². The van der Waals surface area contributed by atoms with Crippen molar-refractivity contribution in [2.24, 2.45) is 0 Å². The van der Waals surface area contributed by atoms with Crippen molar-refractivity contribution in [2.45, 2.75) is 42.9 Å². The Kier molecular flexibility index (Phi) is 4.72. The van der Waals surface area contributed by atoms with Crippen LogP contribution in [0.2, 0.25) is 0 Å². The molecule has 21 heavy (non-hydrogen) atoms. The molecule has 1 saturated carbocycles. The lowest BCUT2D eigenvalue weighted by atomic mass is 10.2. The molecule has 1 aliphatic rings. The molecular weight excluding hydrogens is 422 g/mol. The van der Waals surface area contributed by atoms with Crippen molar-refractivity contribution in [1.29, 1.82) is 0 Å². The molecule has 0 bridgehead atoms. The molecule has 0 spiro atoms. The first-order valence-electron chi connectivity index (χ1n) is 7.05. The fourth-order valence-corrected chi connectivity index (χ4v) is 4.53. The Morgan fingerprint density at radius 1 is 1.48 bits per heavy atom. The highest BCUT2D eigenvalue weighted by Crippen LogP contribution is 2.40. The molecule has 0 N–H and O–H groups in total. The predicted octanol–water partition coefficient (Wildman–Crippen LogP) is 5.54. The number of alkyl halides is 1. The third kappa shape index (κ3) is 2.93. The van der Waals surface area contributed by atoms with Gasteiger partial charge in [0.25, 0.3) is 0 Å². The van der Waals surface area contributed by atoms with Gasteiger partial charge in [0, 0.05) is 17.4 Å². The van der Waals surface area contributed by atoms with Crippen molar-refractivity contribution in [3.05, 3.63) is 27.3 Å². The van der Waals surface area contributed by atoms with E-state index >= 15 is 0 Å². The molecule has 6 heteroatoms. The van der Waals surface area contributed by atoms with Crippen LogP contribution in [0.25, 0.3) is 11.0 Å². The van der Waals surface area contributed by atoms with Gasteiger partial charge in [0.1, 0.15) is 11.6 Å². The van der Waals surface area contributed by atoms with E-state index in [-0.39, 0.29) is 11.2 Å². The lowest BCUT2D eigenvalue weighted by Crippen LogP contribution is -2.11. The van der Waals surface area contributed by atoms with E-state index in [0.717, 1.165) is 29.7 Å². The molecule has 1 aromatic heterocycles. The molecule has 3 atom stereocenters. The first-order valence-corrected chi connectivity index (χ1v) is 9.85. The number of benzene rings is 1. The van der Waals surface area contributed by atoms with Gasteiger partial charge < -0.3 is 4.57 Å². The second-order valence-corrected chi connectivity index (χ2v) is 8.49. The average molecular weight is 439 g/mol. The second-order valence-electron chi connectivity index (χ2n) is 5.54. The first-order chi connectivity index (χ1) is 10.0. The molecule has 1 heterocycles. The molecule has 3 unspecified atom stereocenters. The number of thioether (sulfide) groups is 1. The van der Waals surface area contributed by atoms with Gasteiger partial charge in [-0.1, -0.05) is 0 Å². The van der Waals surface area contributed by atoms with E-state index in [9.17, 15) is 4.39 Å². The molecular formula is C15H17ClFIN2S. The van der Waals surface area contributed by atoms with Crippen LogP contribution in [-0.2, 0) is 0 Å². The maximum atomic E-state index is 14.0. The number of fused-ring (bicyclic) bond motifs is 1. The number of rotatable bonds is 3. The third-order valence-corrected chi connectivity index (χ3v) is 6.29. The molecule has 114 valence electrons. The minimum Gasteiger partial charge on any atom is -0.323 e. The summed E-state index contributed by atoms with van der Waals surface area (Å²) in [7, 11) is 0. The maximum Gasteiger partial charge on any atom is 0.138 e. The Morgan fingerprint density at radius 3 is 2.86 bits per heavy atom. The van der Waals surface area contributed by atoms with Gasteiger partial charge >= 0.3 is 0 Å². The zero-order valence-corrected chi connectivity index (χ0v) is 15.7. The van der Waals surface area contributed by atoms with Crippen LogP contribution in [0.3, 0.4) is 0 Å². The lowest BCUT2D eigenvalue weighted by molar-refractivity contribution is 0.510. The van der Waals surface area contributed by atoms with Crippen molar-refractivity contribution >= 4 is 57.0 Å².